The fourth-order valence-electron chi connectivity index (χ4n) is 9.67. The van der Waals surface area contributed by atoms with E-state index in [1.165, 1.54) is 77.9 Å². The molecule has 1 heterocycles. The van der Waals surface area contributed by atoms with Crippen molar-refractivity contribution in [3.05, 3.63) is 205 Å². The van der Waals surface area contributed by atoms with E-state index in [-0.39, 0.29) is 0 Å². The molecule has 1 unspecified atom stereocenters. The number of fused-ring (bicyclic) bond motifs is 11. The summed E-state index contributed by atoms with van der Waals surface area (Å²) >= 11 is 0. The average Bonchev–Trinajstić information content (AvgIpc) is 3.31. The van der Waals surface area contributed by atoms with Crippen LogP contribution in [0.3, 0.4) is 0 Å². The minimum atomic E-state index is 0.567. The van der Waals surface area contributed by atoms with Crippen molar-refractivity contribution in [1.82, 2.24) is 9.97 Å². The van der Waals surface area contributed by atoms with Crippen LogP contribution in [0.15, 0.2) is 194 Å². The molecular weight excluding hydrogens is 713 g/mol. The van der Waals surface area contributed by atoms with E-state index in [1.807, 2.05) is 0 Å². The minimum Gasteiger partial charge on any atom is -0.228 e. The van der Waals surface area contributed by atoms with Crippen molar-refractivity contribution in [2.24, 2.45) is 5.92 Å². The molecule has 1 atom stereocenters. The maximum absolute atomic E-state index is 5.55. The van der Waals surface area contributed by atoms with Crippen molar-refractivity contribution in [3.63, 3.8) is 0 Å². The van der Waals surface area contributed by atoms with E-state index in [9.17, 15) is 0 Å². The SMILES string of the molecule is CC1CCC2=C(C1)c1cccc(c1-c1ccccc1)-c1ccccc1-c1ccccc1-c1c2cccc1-c1nc(-c2ccc(-c3ccccc3)cc2)c2ccccc2n1. The van der Waals surface area contributed by atoms with Crippen LogP contribution in [0, 0.1) is 5.92 Å². The van der Waals surface area contributed by atoms with E-state index < -0.39 is 0 Å². The first-order valence-corrected chi connectivity index (χ1v) is 20.9. The van der Waals surface area contributed by atoms with Crippen LogP contribution in [0.4, 0.5) is 0 Å². The molecule has 0 saturated heterocycles. The summed E-state index contributed by atoms with van der Waals surface area (Å²) in [5, 5.41) is 1.04. The average molecular weight is 755 g/mol. The van der Waals surface area contributed by atoms with Gasteiger partial charge in [-0.1, -0.05) is 195 Å². The molecule has 0 spiro atoms. The zero-order valence-electron chi connectivity index (χ0n) is 33.1. The highest BCUT2D eigenvalue weighted by atomic mass is 14.9. The highest BCUT2D eigenvalue weighted by Crippen LogP contribution is 2.52. The third kappa shape index (κ3) is 6.11. The first-order chi connectivity index (χ1) is 29.2. The summed E-state index contributed by atoms with van der Waals surface area (Å²) < 4.78 is 0. The van der Waals surface area contributed by atoms with Gasteiger partial charge in [0.2, 0.25) is 0 Å². The Kier molecular flexibility index (Phi) is 8.70. The molecule has 2 nitrogen and oxygen atoms in total. The molecule has 8 aromatic carbocycles. The van der Waals surface area contributed by atoms with Crippen molar-refractivity contribution < 1.29 is 0 Å². The predicted octanol–water partition coefficient (Wildman–Crippen LogP) is 15.3. The molecule has 280 valence electrons. The van der Waals surface area contributed by atoms with Crippen molar-refractivity contribution >= 4 is 22.0 Å². The van der Waals surface area contributed by atoms with Crippen LogP contribution in [0.25, 0.3) is 100 Å². The van der Waals surface area contributed by atoms with Crippen LogP contribution in [-0.2, 0) is 0 Å². The molecule has 0 N–H and O–H groups in total. The number of benzene rings is 8. The number of para-hydroxylation sites is 1. The lowest BCUT2D eigenvalue weighted by molar-refractivity contribution is 0.543. The highest BCUT2D eigenvalue weighted by Gasteiger charge is 2.29. The van der Waals surface area contributed by atoms with Crippen LogP contribution in [0.2, 0.25) is 0 Å². The summed E-state index contributed by atoms with van der Waals surface area (Å²) in [4.78, 5) is 10.9. The largest absolute Gasteiger partial charge is 0.228 e. The van der Waals surface area contributed by atoms with E-state index >= 15 is 0 Å². The number of aromatic nitrogens is 2. The second kappa shape index (κ2) is 14.7. The summed E-state index contributed by atoms with van der Waals surface area (Å²) in [6.07, 6.45) is 3.15. The fourth-order valence-corrected chi connectivity index (χ4v) is 9.67. The minimum absolute atomic E-state index is 0.567. The Morgan fingerprint density at radius 1 is 0.373 bits per heavy atom. The smallest absolute Gasteiger partial charge is 0.161 e. The van der Waals surface area contributed by atoms with Crippen LogP contribution < -0.4 is 0 Å². The lowest BCUT2D eigenvalue weighted by Crippen LogP contribution is -2.09. The Labute approximate surface area is 346 Å². The van der Waals surface area contributed by atoms with E-state index in [0.29, 0.717) is 5.92 Å². The molecule has 59 heavy (non-hydrogen) atoms. The molecule has 0 amide bonds. The van der Waals surface area contributed by atoms with Gasteiger partial charge in [0, 0.05) is 22.1 Å². The molecule has 9 aromatic rings. The topological polar surface area (TPSA) is 25.8 Å². The fraction of sp³-hybridized carbons (Fsp3) is 0.0877. The number of rotatable bonds is 4. The van der Waals surface area contributed by atoms with E-state index in [2.05, 4.69) is 201 Å². The molecule has 2 heteroatoms. The van der Waals surface area contributed by atoms with Gasteiger partial charge in [-0.2, -0.15) is 0 Å². The summed E-state index contributed by atoms with van der Waals surface area (Å²) in [5.41, 5.74) is 21.7. The van der Waals surface area contributed by atoms with Crippen molar-refractivity contribution in [2.75, 3.05) is 0 Å². The molecule has 0 saturated carbocycles. The zero-order chi connectivity index (χ0) is 39.3. The molecule has 1 aromatic heterocycles. The monoisotopic (exact) mass is 754 g/mol. The predicted molar refractivity (Wildman–Crippen MR) is 247 cm³/mol. The summed E-state index contributed by atoms with van der Waals surface area (Å²) in [6, 6.07) is 70.6. The van der Waals surface area contributed by atoms with Crippen LogP contribution in [0.1, 0.15) is 37.3 Å². The molecule has 0 aliphatic heterocycles. The molecule has 0 radical (unpaired) electrons. The molecule has 0 fully saturated rings. The second-order valence-corrected chi connectivity index (χ2v) is 16.1. The molecular formula is C57H42N2. The van der Waals surface area contributed by atoms with Gasteiger partial charge in [0.15, 0.2) is 5.82 Å². The Hall–Kier alpha value is -7.16. The van der Waals surface area contributed by atoms with Gasteiger partial charge in [0.1, 0.15) is 0 Å². The second-order valence-electron chi connectivity index (χ2n) is 16.1. The van der Waals surface area contributed by atoms with Gasteiger partial charge >= 0.3 is 0 Å². The highest BCUT2D eigenvalue weighted by molar-refractivity contribution is 6.08. The lowest BCUT2D eigenvalue weighted by Gasteiger charge is -2.29. The van der Waals surface area contributed by atoms with Gasteiger partial charge in [-0.05, 0) is 104 Å². The molecule has 2 aliphatic carbocycles. The van der Waals surface area contributed by atoms with Gasteiger partial charge in [-0.3, -0.25) is 0 Å². The third-order valence-electron chi connectivity index (χ3n) is 12.5. The number of hydrogen-bond acceptors (Lipinski definition) is 2. The number of allylic oxidation sites excluding steroid dienone is 2. The third-order valence-corrected chi connectivity index (χ3v) is 12.5. The maximum Gasteiger partial charge on any atom is 0.161 e. The first-order valence-electron chi connectivity index (χ1n) is 20.9. The maximum atomic E-state index is 5.55. The van der Waals surface area contributed by atoms with Crippen molar-refractivity contribution in [1.29, 1.82) is 0 Å². The van der Waals surface area contributed by atoms with Crippen LogP contribution in [-0.4, -0.2) is 9.97 Å². The van der Waals surface area contributed by atoms with Crippen LogP contribution >= 0.6 is 0 Å². The normalized spacial score (nSPS) is 14.4. The Morgan fingerprint density at radius 3 is 1.61 bits per heavy atom. The Bertz CT molecular complexity index is 3070. The summed E-state index contributed by atoms with van der Waals surface area (Å²) in [7, 11) is 0. The first kappa shape index (κ1) is 35.0. The standard InChI is InChI=1S/C57H42N2/c1-37-30-35-45-48-26-15-28-51(57-58-53-29-13-12-24-50(53)56(59-57)41-33-31-39(32-34-41)38-16-4-2-5-17-38)55(48)47-23-11-10-22-44(47)42-20-8-9-21-43(42)46-25-14-27-49(52(45)36-37)54(46)40-18-6-3-7-19-40/h2-29,31-34,37H,30,35-36H2,1H3. The van der Waals surface area contributed by atoms with Gasteiger partial charge in [0.25, 0.3) is 0 Å². The molecule has 2 aliphatic rings. The molecule has 2 bridgehead atoms. The van der Waals surface area contributed by atoms with Crippen molar-refractivity contribution in [2.45, 2.75) is 26.2 Å². The van der Waals surface area contributed by atoms with Gasteiger partial charge in [-0.15, -0.1) is 0 Å². The van der Waals surface area contributed by atoms with Gasteiger partial charge in [-0.25, -0.2) is 9.97 Å². The Morgan fingerprint density at radius 2 is 0.881 bits per heavy atom. The number of hydrogen-bond donors (Lipinski definition) is 0. The van der Waals surface area contributed by atoms with E-state index in [0.717, 1.165) is 52.8 Å². The molecule has 11 rings (SSSR count). The van der Waals surface area contributed by atoms with Crippen molar-refractivity contribution in [3.8, 4) is 78.3 Å². The zero-order valence-corrected chi connectivity index (χ0v) is 33.1. The lowest BCUT2D eigenvalue weighted by atomic mass is 9.75. The van der Waals surface area contributed by atoms with Gasteiger partial charge in [0.05, 0.1) is 11.2 Å². The Balaban J connectivity index is 1.22. The van der Waals surface area contributed by atoms with Gasteiger partial charge < -0.3 is 0 Å². The quantitative estimate of drug-likeness (QED) is 0.179. The summed E-state index contributed by atoms with van der Waals surface area (Å²) in [5.74, 6) is 1.30. The van der Waals surface area contributed by atoms with E-state index in [1.54, 1.807) is 0 Å². The summed E-state index contributed by atoms with van der Waals surface area (Å²) in [6.45, 7) is 2.42. The van der Waals surface area contributed by atoms with E-state index in [4.69, 9.17) is 9.97 Å². The van der Waals surface area contributed by atoms with Crippen LogP contribution in [0.5, 0.6) is 0 Å². The number of nitrogens with zero attached hydrogens (tertiary/aromatic N) is 2.